The smallest absolute Gasteiger partial charge is 0.230 e. The van der Waals surface area contributed by atoms with Gasteiger partial charge in [-0.3, -0.25) is 9.69 Å². The first-order valence-corrected chi connectivity index (χ1v) is 15.3. The van der Waals surface area contributed by atoms with Crippen LogP contribution in [0.4, 0.5) is 5.13 Å². The van der Waals surface area contributed by atoms with Crippen LogP contribution >= 0.6 is 11.3 Å². The second-order valence-electron chi connectivity index (χ2n) is 10.8. The SMILES string of the molecule is CCS(=O)(=O)c1ccc(CC(=O)Nc2nc3c(s2)CN(C[C@H]2CC[C@@](C)(C#N)CC2)[C@H]3C(C)C)cc1. The molecule has 0 saturated heterocycles. The number of carbonyl (C=O) groups is 1. The molecule has 36 heavy (non-hydrogen) atoms. The second kappa shape index (κ2) is 10.6. The van der Waals surface area contributed by atoms with E-state index in [1.54, 1.807) is 42.5 Å². The van der Waals surface area contributed by atoms with E-state index in [1.165, 1.54) is 4.88 Å². The number of carbonyl (C=O) groups excluding carboxylic acids is 1. The quantitative estimate of drug-likeness (QED) is 0.495. The third-order valence-electron chi connectivity index (χ3n) is 7.62. The summed E-state index contributed by atoms with van der Waals surface area (Å²) in [5, 5.41) is 13.0. The van der Waals surface area contributed by atoms with Crippen molar-refractivity contribution in [2.75, 3.05) is 17.6 Å². The number of nitriles is 1. The van der Waals surface area contributed by atoms with Gasteiger partial charge in [0.15, 0.2) is 15.0 Å². The van der Waals surface area contributed by atoms with E-state index in [0.717, 1.165) is 50.0 Å². The molecule has 1 aromatic carbocycles. The van der Waals surface area contributed by atoms with Crippen molar-refractivity contribution < 1.29 is 13.2 Å². The maximum atomic E-state index is 12.7. The number of sulfone groups is 1. The predicted molar refractivity (Wildman–Crippen MR) is 142 cm³/mol. The van der Waals surface area contributed by atoms with Crippen molar-refractivity contribution in [3.8, 4) is 6.07 Å². The van der Waals surface area contributed by atoms with Gasteiger partial charge >= 0.3 is 0 Å². The first-order valence-electron chi connectivity index (χ1n) is 12.8. The second-order valence-corrected chi connectivity index (χ2v) is 14.2. The molecule has 1 saturated carbocycles. The van der Waals surface area contributed by atoms with Gasteiger partial charge in [-0.2, -0.15) is 5.26 Å². The van der Waals surface area contributed by atoms with Crippen molar-refractivity contribution in [2.45, 2.75) is 77.3 Å². The first-order chi connectivity index (χ1) is 17.0. The van der Waals surface area contributed by atoms with Crippen LogP contribution in [0.15, 0.2) is 29.2 Å². The van der Waals surface area contributed by atoms with Crippen molar-refractivity contribution in [2.24, 2.45) is 17.3 Å². The molecule has 9 heteroatoms. The Bertz CT molecular complexity index is 1240. The lowest BCUT2D eigenvalue weighted by Crippen LogP contribution is -2.34. The molecule has 0 radical (unpaired) electrons. The fraction of sp³-hybridized carbons (Fsp3) is 0.593. The molecule has 7 nitrogen and oxygen atoms in total. The summed E-state index contributed by atoms with van der Waals surface area (Å²) in [6, 6.07) is 9.25. The van der Waals surface area contributed by atoms with E-state index in [1.807, 2.05) is 0 Å². The molecule has 1 aliphatic heterocycles. The number of amides is 1. The van der Waals surface area contributed by atoms with Crippen LogP contribution in [0.2, 0.25) is 0 Å². The zero-order valence-corrected chi connectivity index (χ0v) is 23.2. The minimum absolute atomic E-state index is 0.0532. The van der Waals surface area contributed by atoms with Gasteiger partial charge in [0.2, 0.25) is 5.91 Å². The van der Waals surface area contributed by atoms with Crippen LogP contribution < -0.4 is 5.32 Å². The standard InChI is InChI=1S/C27H36N4O3S2/c1-5-36(33,34)21-8-6-19(7-9-21)14-23(32)29-26-30-24-22(35-26)16-31(25(24)18(2)3)15-20-10-12-27(4,17-28)13-11-20/h6-9,18,20,25H,5,10-16H2,1-4H3,(H,29,30,32)/t20-,25-,27+/m0/s1. The number of hydrogen-bond donors (Lipinski definition) is 1. The van der Waals surface area contributed by atoms with Crippen LogP contribution in [0.3, 0.4) is 0 Å². The van der Waals surface area contributed by atoms with E-state index < -0.39 is 9.84 Å². The molecule has 0 bridgehead atoms. The molecule has 0 unspecified atom stereocenters. The average molecular weight is 529 g/mol. The first kappa shape index (κ1) is 26.8. The zero-order chi connectivity index (χ0) is 26.1. The van der Waals surface area contributed by atoms with E-state index in [0.29, 0.717) is 17.0 Å². The van der Waals surface area contributed by atoms with Crippen molar-refractivity contribution in [1.29, 1.82) is 5.26 Å². The molecular formula is C27H36N4O3S2. The van der Waals surface area contributed by atoms with Gasteiger partial charge in [-0.1, -0.05) is 32.9 Å². The van der Waals surface area contributed by atoms with Crippen molar-refractivity contribution in [3.05, 3.63) is 40.4 Å². The highest BCUT2D eigenvalue weighted by Gasteiger charge is 2.39. The van der Waals surface area contributed by atoms with E-state index in [4.69, 9.17) is 4.98 Å². The zero-order valence-electron chi connectivity index (χ0n) is 21.6. The Kier molecular flexibility index (Phi) is 7.89. The number of fused-ring (bicyclic) bond motifs is 1. The lowest BCUT2D eigenvalue weighted by atomic mass is 9.72. The van der Waals surface area contributed by atoms with E-state index in [-0.39, 0.29) is 34.4 Å². The van der Waals surface area contributed by atoms with Crippen LogP contribution in [0.25, 0.3) is 0 Å². The van der Waals surface area contributed by atoms with Gasteiger partial charge < -0.3 is 5.32 Å². The van der Waals surface area contributed by atoms with Gasteiger partial charge in [0.05, 0.1) is 40.3 Å². The Balaban J connectivity index is 1.37. The van der Waals surface area contributed by atoms with Gasteiger partial charge in [-0.05, 0) is 62.1 Å². The summed E-state index contributed by atoms with van der Waals surface area (Å²) in [7, 11) is -3.25. The summed E-state index contributed by atoms with van der Waals surface area (Å²) >= 11 is 1.55. The molecule has 1 fully saturated rings. The van der Waals surface area contributed by atoms with Gasteiger partial charge in [-0.15, -0.1) is 11.3 Å². The van der Waals surface area contributed by atoms with Gasteiger partial charge in [0.25, 0.3) is 0 Å². The Morgan fingerprint density at radius 1 is 1.28 bits per heavy atom. The number of nitrogens with one attached hydrogen (secondary N) is 1. The fourth-order valence-electron chi connectivity index (χ4n) is 5.40. The Morgan fingerprint density at radius 2 is 1.94 bits per heavy atom. The number of anilines is 1. The van der Waals surface area contributed by atoms with Crippen molar-refractivity contribution >= 4 is 32.2 Å². The highest BCUT2D eigenvalue weighted by molar-refractivity contribution is 7.91. The Labute approximate surface area is 218 Å². The molecule has 2 heterocycles. The van der Waals surface area contributed by atoms with Crippen LogP contribution in [0.1, 0.15) is 75.6 Å². The van der Waals surface area contributed by atoms with Crippen molar-refractivity contribution in [1.82, 2.24) is 9.88 Å². The molecule has 1 amide bonds. The maximum Gasteiger partial charge on any atom is 0.230 e. The van der Waals surface area contributed by atoms with E-state index in [9.17, 15) is 18.5 Å². The van der Waals surface area contributed by atoms with E-state index in [2.05, 4.69) is 37.1 Å². The number of aromatic nitrogens is 1. The summed E-state index contributed by atoms with van der Waals surface area (Å²) in [5.41, 5.74) is 1.68. The Hall–Kier alpha value is -2.28. The monoisotopic (exact) mass is 528 g/mol. The molecular weight excluding hydrogens is 492 g/mol. The molecule has 4 rings (SSSR count). The molecule has 2 aromatic rings. The van der Waals surface area contributed by atoms with Gasteiger partial charge in [0.1, 0.15) is 0 Å². The van der Waals surface area contributed by atoms with Crippen LogP contribution in [0.5, 0.6) is 0 Å². The summed E-state index contributed by atoms with van der Waals surface area (Å²) in [5.74, 6) is 0.911. The Morgan fingerprint density at radius 3 is 2.53 bits per heavy atom. The third kappa shape index (κ3) is 5.82. The number of rotatable bonds is 8. The molecule has 2 aliphatic rings. The van der Waals surface area contributed by atoms with Gasteiger partial charge in [-0.25, -0.2) is 13.4 Å². The minimum Gasteiger partial charge on any atom is -0.302 e. The minimum atomic E-state index is -3.25. The van der Waals surface area contributed by atoms with Crippen molar-refractivity contribution in [3.63, 3.8) is 0 Å². The summed E-state index contributed by atoms with van der Waals surface area (Å²) in [4.78, 5) is 21.5. The summed E-state index contributed by atoms with van der Waals surface area (Å²) in [6.45, 7) is 10.0. The largest absolute Gasteiger partial charge is 0.302 e. The molecule has 194 valence electrons. The lowest BCUT2D eigenvalue weighted by molar-refractivity contribution is -0.115. The average Bonchev–Trinajstić information content (AvgIpc) is 3.37. The summed E-state index contributed by atoms with van der Waals surface area (Å²) < 4.78 is 24.0. The predicted octanol–water partition coefficient (Wildman–Crippen LogP) is 5.35. The van der Waals surface area contributed by atoms with Gasteiger partial charge in [0, 0.05) is 18.0 Å². The normalized spacial score (nSPS) is 24.4. The molecule has 0 spiro atoms. The van der Waals surface area contributed by atoms with Crippen LogP contribution in [0, 0.1) is 28.6 Å². The van der Waals surface area contributed by atoms with Crippen LogP contribution in [-0.4, -0.2) is 36.5 Å². The lowest BCUT2D eigenvalue weighted by Gasteiger charge is -2.36. The third-order valence-corrected chi connectivity index (χ3v) is 10.3. The van der Waals surface area contributed by atoms with E-state index >= 15 is 0 Å². The highest BCUT2D eigenvalue weighted by atomic mass is 32.2. The van der Waals surface area contributed by atoms with Crippen LogP contribution in [-0.2, 0) is 27.6 Å². The topological polar surface area (TPSA) is 103 Å². The number of thiazole rings is 1. The number of hydrogen-bond acceptors (Lipinski definition) is 7. The number of nitrogens with zero attached hydrogens (tertiary/aromatic N) is 3. The fourth-order valence-corrected chi connectivity index (χ4v) is 7.33. The molecule has 1 atom stereocenters. The highest BCUT2D eigenvalue weighted by Crippen LogP contribution is 2.45. The molecule has 1 N–H and O–H groups in total. The molecule has 1 aromatic heterocycles. The molecule has 1 aliphatic carbocycles. The number of benzene rings is 1. The maximum absolute atomic E-state index is 12.7. The summed E-state index contributed by atoms with van der Waals surface area (Å²) in [6.07, 6.45) is 4.31.